The van der Waals surface area contributed by atoms with Gasteiger partial charge in [0.2, 0.25) is 5.91 Å². The largest absolute Gasteiger partial charge is 0.506 e. The molecule has 0 radical (unpaired) electrons. The molecule has 0 atom stereocenters. The number of rotatable bonds is 7. The van der Waals surface area contributed by atoms with E-state index in [9.17, 15) is 14.7 Å². The molecule has 5 nitrogen and oxygen atoms in total. The normalized spacial score (nSPS) is 10.5. The van der Waals surface area contributed by atoms with E-state index in [2.05, 4.69) is 16.7 Å². The minimum atomic E-state index is -0.298. The van der Waals surface area contributed by atoms with Gasteiger partial charge in [0.25, 0.3) is 5.91 Å². The second kappa shape index (κ2) is 9.98. The van der Waals surface area contributed by atoms with Crippen molar-refractivity contribution in [3.63, 3.8) is 0 Å². The van der Waals surface area contributed by atoms with Gasteiger partial charge < -0.3 is 15.7 Å². The molecule has 0 unspecified atom stereocenters. The maximum absolute atomic E-state index is 12.4. The zero-order valence-electron chi connectivity index (χ0n) is 16.9. The number of benzene rings is 3. The predicted molar refractivity (Wildman–Crippen MR) is 123 cm³/mol. The lowest BCUT2D eigenvalue weighted by atomic mass is 10.1. The Bertz CT molecular complexity index is 1070. The molecule has 0 aliphatic carbocycles. The highest BCUT2D eigenvalue weighted by Crippen LogP contribution is 2.27. The summed E-state index contributed by atoms with van der Waals surface area (Å²) < 4.78 is 0. The van der Waals surface area contributed by atoms with Crippen LogP contribution in [0, 0.1) is 13.8 Å². The van der Waals surface area contributed by atoms with Crippen LogP contribution in [-0.4, -0.2) is 22.7 Å². The quantitative estimate of drug-likeness (QED) is 0.463. The van der Waals surface area contributed by atoms with Gasteiger partial charge in [0.05, 0.1) is 11.4 Å². The Morgan fingerprint density at radius 2 is 1.73 bits per heavy atom. The number of aryl methyl sites for hydroxylation is 2. The molecule has 0 spiro atoms. The first-order valence-electron chi connectivity index (χ1n) is 9.55. The lowest BCUT2D eigenvalue weighted by Crippen LogP contribution is -2.15. The van der Waals surface area contributed by atoms with Gasteiger partial charge in [0.1, 0.15) is 5.75 Å². The average molecular weight is 421 g/mol. The monoisotopic (exact) mass is 420 g/mol. The van der Waals surface area contributed by atoms with Crippen LogP contribution in [0.15, 0.2) is 66.7 Å². The zero-order chi connectivity index (χ0) is 21.5. The molecule has 0 heterocycles. The van der Waals surface area contributed by atoms with Crippen molar-refractivity contribution in [2.75, 3.05) is 16.4 Å². The molecule has 0 bridgehead atoms. The maximum Gasteiger partial charge on any atom is 0.256 e. The van der Waals surface area contributed by atoms with Crippen LogP contribution in [0.2, 0.25) is 0 Å². The molecule has 3 N–H and O–H groups in total. The number of hydrogen-bond acceptors (Lipinski definition) is 4. The molecule has 3 rings (SSSR count). The van der Waals surface area contributed by atoms with Gasteiger partial charge in [-0.3, -0.25) is 9.59 Å². The number of aromatic hydroxyl groups is 1. The van der Waals surface area contributed by atoms with Crippen LogP contribution in [0.1, 0.15) is 27.0 Å². The lowest BCUT2D eigenvalue weighted by molar-refractivity contribution is -0.113. The van der Waals surface area contributed by atoms with E-state index in [1.54, 1.807) is 24.3 Å². The van der Waals surface area contributed by atoms with Crippen LogP contribution in [0.4, 0.5) is 11.4 Å². The van der Waals surface area contributed by atoms with E-state index in [4.69, 9.17) is 0 Å². The topological polar surface area (TPSA) is 78.4 Å². The summed E-state index contributed by atoms with van der Waals surface area (Å²) in [7, 11) is 0. The second-order valence-electron chi connectivity index (χ2n) is 7.03. The number of carbonyl (C=O) groups excluding carboxylic acids is 2. The van der Waals surface area contributed by atoms with E-state index in [-0.39, 0.29) is 23.3 Å². The van der Waals surface area contributed by atoms with Gasteiger partial charge in [0.15, 0.2) is 0 Å². The Balaban J connectivity index is 1.54. The predicted octanol–water partition coefficient (Wildman–Crippen LogP) is 5.13. The van der Waals surface area contributed by atoms with Crippen molar-refractivity contribution in [1.29, 1.82) is 0 Å². The number of phenols is 1. The van der Waals surface area contributed by atoms with Gasteiger partial charge in [-0.1, -0.05) is 48.0 Å². The molecule has 3 aromatic carbocycles. The van der Waals surface area contributed by atoms with E-state index in [1.807, 2.05) is 44.2 Å². The maximum atomic E-state index is 12.4. The van der Waals surface area contributed by atoms with Crippen molar-refractivity contribution in [3.8, 4) is 5.75 Å². The lowest BCUT2D eigenvalue weighted by Gasteiger charge is -2.11. The summed E-state index contributed by atoms with van der Waals surface area (Å²) in [5.74, 6) is 0.503. The van der Waals surface area contributed by atoms with Gasteiger partial charge in [-0.15, -0.1) is 11.8 Å². The van der Waals surface area contributed by atoms with E-state index >= 15 is 0 Å². The standard InChI is InChI=1S/C24H24N2O3S/c1-16-6-5-8-18(12-16)14-30-15-23(28)25-19-10-11-21(22(27)13-19)26-24(29)20-9-4-3-7-17(20)2/h3-13,27H,14-15H2,1-2H3,(H,25,28)(H,26,29). The number of nitrogens with one attached hydrogen (secondary N) is 2. The molecule has 0 saturated carbocycles. The molecular formula is C24H24N2O3S. The van der Waals surface area contributed by atoms with E-state index in [0.717, 1.165) is 11.3 Å². The highest BCUT2D eigenvalue weighted by Gasteiger charge is 2.12. The third-order valence-corrected chi connectivity index (χ3v) is 5.51. The first-order valence-corrected chi connectivity index (χ1v) is 10.7. The molecule has 6 heteroatoms. The minimum Gasteiger partial charge on any atom is -0.506 e. The van der Waals surface area contributed by atoms with Crippen molar-refractivity contribution >= 4 is 35.0 Å². The van der Waals surface area contributed by atoms with Gasteiger partial charge in [0, 0.05) is 23.1 Å². The van der Waals surface area contributed by atoms with Crippen LogP contribution in [0.5, 0.6) is 5.75 Å². The van der Waals surface area contributed by atoms with E-state index in [0.29, 0.717) is 17.0 Å². The third kappa shape index (κ3) is 5.87. The molecular weight excluding hydrogens is 396 g/mol. The smallest absolute Gasteiger partial charge is 0.256 e. The number of carbonyl (C=O) groups is 2. The Hall–Kier alpha value is -3.25. The summed E-state index contributed by atoms with van der Waals surface area (Å²) in [6.07, 6.45) is 0. The van der Waals surface area contributed by atoms with E-state index < -0.39 is 0 Å². The van der Waals surface area contributed by atoms with Gasteiger partial charge in [-0.2, -0.15) is 0 Å². The molecule has 0 aromatic heterocycles. The number of amides is 2. The Morgan fingerprint density at radius 3 is 2.47 bits per heavy atom. The molecule has 154 valence electrons. The number of thioether (sulfide) groups is 1. The fourth-order valence-corrected chi connectivity index (χ4v) is 3.77. The Kier molecular flexibility index (Phi) is 7.14. The summed E-state index contributed by atoms with van der Waals surface area (Å²) in [6, 6.07) is 20.1. The third-order valence-electron chi connectivity index (χ3n) is 4.50. The van der Waals surface area contributed by atoms with Crippen molar-refractivity contribution in [3.05, 3.63) is 89.0 Å². The van der Waals surface area contributed by atoms with Crippen molar-refractivity contribution in [2.45, 2.75) is 19.6 Å². The molecule has 0 fully saturated rings. The molecule has 0 aliphatic rings. The highest BCUT2D eigenvalue weighted by atomic mass is 32.2. The van der Waals surface area contributed by atoms with Crippen molar-refractivity contribution in [2.24, 2.45) is 0 Å². The van der Waals surface area contributed by atoms with Gasteiger partial charge >= 0.3 is 0 Å². The van der Waals surface area contributed by atoms with Crippen LogP contribution < -0.4 is 10.6 Å². The fourth-order valence-electron chi connectivity index (χ4n) is 2.99. The first kappa shape index (κ1) is 21.5. The first-order chi connectivity index (χ1) is 14.4. The average Bonchev–Trinajstić information content (AvgIpc) is 2.70. The number of hydrogen-bond donors (Lipinski definition) is 3. The summed E-state index contributed by atoms with van der Waals surface area (Å²) in [5.41, 5.74) is 4.53. The molecule has 30 heavy (non-hydrogen) atoms. The SMILES string of the molecule is Cc1cccc(CSCC(=O)Nc2ccc(NC(=O)c3ccccc3C)c(O)c2)c1. The number of phenolic OH excluding ortho intramolecular Hbond substituents is 1. The Morgan fingerprint density at radius 1 is 0.933 bits per heavy atom. The highest BCUT2D eigenvalue weighted by molar-refractivity contribution is 7.99. The molecule has 3 aromatic rings. The summed E-state index contributed by atoms with van der Waals surface area (Å²) in [6.45, 7) is 3.89. The second-order valence-corrected chi connectivity index (χ2v) is 8.02. The van der Waals surface area contributed by atoms with Crippen LogP contribution in [-0.2, 0) is 10.5 Å². The van der Waals surface area contributed by atoms with Gasteiger partial charge in [-0.05, 0) is 43.2 Å². The molecule has 0 aliphatic heterocycles. The summed E-state index contributed by atoms with van der Waals surface area (Å²) in [5, 5.41) is 15.7. The van der Waals surface area contributed by atoms with Crippen LogP contribution >= 0.6 is 11.8 Å². The van der Waals surface area contributed by atoms with E-state index in [1.165, 1.54) is 29.0 Å². The Labute approximate surface area is 180 Å². The van der Waals surface area contributed by atoms with Gasteiger partial charge in [-0.25, -0.2) is 0 Å². The fraction of sp³-hybridized carbons (Fsp3) is 0.167. The number of anilines is 2. The van der Waals surface area contributed by atoms with Crippen LogP contribution in [0.25, 0.3) is 0 Å². The summed E-state index contributed by atoms with van der Waals surface area (Å²) >= 11 is 1.53. The van der Waals surface area contributed by atoms with Crippen molar-refractivity contribution < 1.29 is 14.7 Å². The van der Waals surface area contributed by atoms with Crippen molar-refractivity contribution in [1.82, 2.24) is 0 Å². The minimum absolute atomic E-state index is 0.109. The molecule has 2 amide bonds. The zero-order valence-corrected chi connectivity index (χ0v) is 17.8. The summed E-state index contributed by atoms with van der Waals surface area (Å²) in [4.78, 5) is 24.6. The molecule has 0 saturated heterocycles. The van der Waals surface area contributed by atoms with Crippen LogP contribution in [0.3, 0.4) is 0 Å².